The zero-order valence-corrected chi connectivity index (χ0v) is 12.1. The Kier molecular flexibility index (Phi) is 5.32. The quantitative estimate of drug-likeness (QED) is 0.784. The van der Waals surface area contributed by atoms with Gasteiger partial charge in [0.05, 0.1) is 18.3 Å². The van der Waals surface area contributed by atoms with Gasteiger partial charge in [-0.1, -0.05) is 18.8 Å². The molecular weight excluding hydrogens is 268 g/mol. The number of rotatable bonds is 2. The third-order valence-corrected chi connectivity index (χ3v) is 3.66. The molecule has 5 heteroatoms. The maximum Gasteiger partial charge on any atom is 0.255 e. The van der Waals surface area contributed by atoms with E-state index in [9.17, 15) is 9.90 Å². The van der Waals surface area contributed by atoms with Gasteiger partial charge in [0.1, 0.15) is 0 Å². The van der Waals surface area contributed by atoms with Gasteiger partial charge < -0.3 is 15.1 Å². The molecule has 0 spiro atoms. The van der Waals surface area contributed by atoms with Crippen LogP contribution in [0.5, 0.6) is 0 Å². The lowest BCUT2D eigenvalue weighted by Gasteiger charge is -2.34. The fourth-order valence-corrected chi connectivity index (χ4v) is 2.26. The van der Waals surface area contributed by atoms with E-state index < -0.39 is 6.10 Å². The predicted molar refractivity (Wildman–Crippen MR) is 78.5 cm³/mol. The molecule has 1 aromatic rings. The van der Waals surface area contributed by atoms with Gasteiger partial charge in [-0.15, -0.1) is 0 Å². The highest BCUT2D eigenvalue weighted by Crippen LogP contribution is 2.19. The Labute approximate surface area is 124 Å². The summed E-state index contributed by atoms with van der Waals surface area (Å²) in [5.41, 5.74) is 1.13. The van der Waals surface area contributed by atoms with Crippen molar-refractivity contribution in [1.82, 2.24) is 9.88 Å². The molecule has 1 fully saturated rings. The molecule has 112 valence electrons. The number of aliphatic hydroxyl groups is 2. The Morgan fingerprint density at radius 1 is 1.52 bits per heavy atom. The van der Waals surface area contributed by atoms with Crippen molar-refractivity contribution in [3.63, 3.8) is 0 Å². The van der Waals surface area contributed by atoms with Gasteiger partial charge in [0.25, 0.3) is 5.91 Å². The van der Waals surface area contributed by atoms with Gasteiger partial charge >= 0.3 is 0 Å². The lowest BCUT2D eigenvalue weighted by atomic mass is 9.95. The van der Waals surface area contributed by atoms with Crippen molar-refractivity contribution in [2.45, 2.75) is 25.9 Å². The number of aromatic nitrogens is 1. The van der Waals surface area contributed by atoms with E-state index in [1.807, 2.05) is 6.92 Å². The van der Waals surface area contributed by atoms with E-state index in [2.05, 4.69) is 16.8 Å². The first-order valence-corrected chi connectivity index (χ1v) is 7.14. The first kappa shape index (κ1) is 15.5. The second-order valence-corrected chi connectivity index (χ2v) is 5.32. The lowest BCUT2D eigenvalue weighted by molar-refractivity contribution is 0.0248. The minimum Gasteiger partial charge on any atom is -0.395 e. The van der Waals surface area contributed by atoms with E-state index in [4.69, 9.17) is 5.11 Å². The maximum absolute atomic E-state index is 12.4. The van der Waals surface area contributed by atoms with Gasteiger partial charge in [-0.25, -0.2) is 0 Å². The average molecular weight is 288 g/mol. The molecule has 0 aromatic carbocycles. The number of hydrogen-bond donors (Lipinski definition) is 2. The zero-order valence-electron chi connectivity index (χ0n) is 12.1. The molecule has 5 nitrogen and oxygen atoms in total. The molecule has 1 aliphatic heterocycles. The fourth-order valence-electron chi connectivity index (χ4n) is 2.26. The highest BCUT2D eigenvalue weighted by molar-refractivity contribution is 5.94. The SMILES string of the molecule is CC1CCN(C(=O)c2cncc(C#CCCO)c2)CC1O. The van der Waals surface area contributed by atoms with E-state index in [1.54, 1.807) is 17.2 Å². The Bertz CT molecular complexity index is 562. The van der Waals surface area contributed by atoms with Crippen LogP contribution in [0.2, 0.25) is 0 Å². The van der Waals surface area contributed by atoms with Crippen molar-refractivity contribution in [3.05, 3.63) is 29.6 Å². The van der Waals surface area contributed by atoms with Crippen LogP contribution in [-0.2, 0) is 0 Å². The Morgan fingerprint density at radius 2 is 2.33 bits per heavy atom. The number of piperidine rings is 1. The van der Waals surface area contributed by atoms with Crippen LogP contribution in [0.15, 0.2) is 18.5 Å². The third-order valence-electron chi connectivity index (χ3n) is 3.66. The zero-order chi connectivity index (χ0) is 15.2. The summed E-state index contributed by atoms with van der Waals surface area (Å²) in [7, 11) is 0. The number of likely N-dealkylation sites (tertiary alicyclic amines) is 1. The Morgan fingerprint density at radius 3 is 3.05 bits per heavy atom. The van der Waals surface area contributed by atoms with Crippen molar-refractivity contribution < 1.29 is 15.0 Å². The van der Waals surface area contributed by atoms with Crippen LogP contribution < -0.4 is 0 Å². The second-order valence-electron chi connectivity index (χ2n) is 5.32. The number of nitrogens with zero attached hydrogens (tertiary/aromatic N) is 2. The molecule has 1 aromatic heterocycles. The maximum atomic E-state index is 12.4. The van der Waals surface area contributed by atoms with Crippen LogP contribution in [0, 0.1) is 17.8 Å². The van der Waals surface area contributed by atoms with Crippen molar-refractivity contribution >= 4 is 5.91 Å². The summed E-state index contributed by atoms with van der Waals surface area (Å²) in [6, 6.07) is 1.70. The van der Waals surface area contributed by atoms with Gasteiger partial charge in [0.2, 0.25) is 0 Å². The molecule has 2 heterocycles. The Hall–Kier alpha value is -1.90. The summed E-state index contributed by atoms with van der Waals surface area (Å²) in [6.07, 6.45) is 3.84. The molecule has 2 rings (SSSR count). The van der Waals surface area contributed by atoms with Crippen LogP contribution in [0.3, 0.4) is 0 Å². The average Bonchev–Trinajstić information content (AvgIpc) is 2.50. The number of carbonyl (C=O) groups excluding carboxylic acids is 1. The Balaban J connectivity index is 2.09. The van der Waals surface area contributed by atoms with Crippen LogP contribution >= 0.6 is 0 Å². The lowest BCUT2D eigenvalue weighted by Crippen LogP contribution is -2.45. The van der Waals surface area contributed by atoms with Crippen LogP contribution in [0.25, 0.3) is 0 Å². The van der Waals surface area contributed by atoms with Crippen molar-refractivity contribution in [2.24, 2.45) is 5.92 Å². The predicted octanol–water partition coefficient (Wildman–Crippen LogP) is 0.658. The summed E-state index contributed by atoms with van der Waals surface area (Å²) in [5.74, 6) is 5.77. The molecule has 2 unspecified atom stereocenters. The van der Waals surface area contributed by atoms with Gasteiger partial charge in [0.15, 0.2) is 0 Å². The number of amides is 1. The molecule has 0 radical (unpaired) electrons. The van der Waals surface area contributed by atoms with Gasteiger partial charge in [-0.2, -0.15) is 0 Å². The highest BCUT2D eigenvalue weighted by Gasteiger charge is 2.27. The topological polar surface area (TPSA) is 73.7 Å². The number of pyridine rings is 1. The minimum atomic E-state index is -0.469. The summed E-state index contributed by atoms with van der Waals surface area (Å²) in [4.78, 5) is 18.1. The first-order chi connectivity index (χ1) is 10.1. The smallest absolute Gasteiger partial charge is 0.255 e. The monoisotopic (exact) mass is 288 g/mol. The largest absolute Gasteiger partial charge is 0.395 e. The molecule has 21 heavy (non-hydrogen) atoms. The van der Waals surface area contributed by atoms with E-state index in [0.29, 0.717) is 30.6 Å². The summed E-state index contributed by atoms with van der Waals surface area (Å²) in [6.45, 7) is 3.02. The molecule has 0 aliphatic carbocycles. The summed E-state index contributed by atoms with van der Waals surface area (Å²) < 4.78 is 0. The number of aliphatic hydroxyl groups excluding tert-OH is 2. The molecule has 1 aliphatic rings. The van der Waals surface area contributed by atoms with Crippen molar-refractivity contribution in [2.75, 3.05) is 19.7 Å². The molecule has 0 bridgehead atoms. The van der Waals surface area contributed by atoms with Crippen molar-refractivity contribution in [3.8, 4) is 11.8 Å². The second kappa shape index (κ2) is 7.21. The highest BCUT2D eigenvalue weighted by atomic mass is 16.3. The number of hydrogen-bond acceptors (Lipinski definition) is 4. The van der Waals surface area contributed by atoms with E-state index >= 15 is 0 Å². The molecule has 2 N–H and O–H groups in total. The van der Waals surface area contributed by atoms with Crippen LogP contribution in [0.4, 0.5) is 0 Å². The molecule has 2 atom stereocenters. The summed E-state index contributed by atoms with van der Waals surface area (Å²) >= 11 is 0. The van der Waals surface area contributed by atoms with Crippen LogP contribution in [-0.4, -0.2) is 51.8 Å². The van der Waals surface area contributed by atoms with Crippen molar-refractivity contribution in [1.29, 1.82) is 0 Å². The van der Waals surface area contributed by atoms with Gasteiger partial charge in [0, 0.05) is 37.5 Å². The van der Waals surface area contributed by atoms with E-state index in [1.165, 1.54) is 6.20 Å². The standard InChI is InChI=1S/C16H20N2O3/c1-12-5-6-18(11-15(12)20)16(21)14-8-13(9-17-10-14)4-2-3-7-19/h8-10,12,15,19-20H,3,5-7,11H2,1H3. The normalized spacial score (nSPS) is 21.6. The molecule has 0 saturated carbocycles. The van der Waals surface area contributed by atoms with E-state index in [-0.39, 0.29) is 18.4 Å². The minimum absolute atomic E-state index is 0.0168. The molecule has 1 amide bonds. The fraction of sp³-hybridized carbons (Fsp3) is 0.500. The summed E-state index contributed by atoms with van der Waals surface area (Å²) in [5, 5.41) is 18.6. The van der Waals surface area contributed by atoms with Gasteiger partial charge in [-0.3, -0.25) is 9.78 Å². The molecular formula is C16H20N2O3. The third kappa shape index (κ3) is 4.03. The number of β-amino-alcohol motifs (C(OH)–C–C–N with tert-alkyl or cyclic N) is 1. The molecule has 1 saturated heterocycles. The van der Waals surface area contributed by atoms with Crippen LogP contribution in [0.1, 0.15) is 35.7 Å². The van der Waals surface area contributed by atoms with Gasteiger partial charge in [-0.05, 0) is 18.4 Å². The first-order valence-electron chi connectivity index (χ1n) is 7.14. The number of carbonyl (C=O) groups is 1. The van der Waals surface area contributed by atoms with E-state index in [0.717, 1.165) is 6.42 Å².